The minimum absolute atomic E-state index is 0.00571. The molecule has 0 heterocycles. The Morgan fingerprint density at radius 3 is 1.69 bits per heavy atom. The lowest BCUT2D eigenvalue weighted by Gasteiger charge is -2.15. The lowest BCUT2D eigenvalue weighted by molar-refractivity contribution is 0.211. The van der Waals surface area contributed by atoms with Gasteiger partial charge in [-0.1, -0.05) is 0 Å². The number of rotatable bonds is 8. The molecule has 0 saturated heterocycles. The molecule has 0 bridgehead atoms. The predicted molar refractivity (Wildman–Crippen MR) is 55.1 cm³/mol. The van der Waals surface area contributed by atoms with Crippen molar-refractivity contribution in [2.24, 2.45) is 0 Å². The molecule has 0 radical (unpaired) electrons. The Bertz CT molecular complexity index is 340. The van der Waals surface area contributed by atoms with E-state index in [1.165, 1.54) is 0 Å². The second-order valence-electron chi connectivity index (χ2n) is 2.73. The number of nitrogens with zero attached hydrogens (tertiary/aromatic N) is 3. The average molecular weight is 241 g/mol. The molecule has 0 saturated carbocycles. The van der Waals surface area contributed by atoms with E-state index in [1.54, 1.807) is 0 Å². The standard InChI is InChI=1S/C9H12N3O3P/c10-4-1-7-14-16(13,9-3-6-12)15-8-2-5-11/h1-3,7-9H2. The van der Waals surface area contributed by atoms with Gasteiger partial charge in [0.25, 0.3) is 0 Å². The van der Waals surface area contributed by atoms with Crippen molar-refractivity contribution in [3.8, 4) is 18.2 Å². The van der Waals surface area contributed by atoms with Crippen LogP contribution in [0.15, 0.2) is 0 Å². The van der Waals surface area contributed by atoms with Gasteiger partial charge in [0.2, 0.25) is 0 Å². The van der Waals surface area contributed by atoms with Crippen LogP contribution >= 0.6 is 7.60 Å². The first-order chi connectivity index (χ1) is 7.68. The molecule has 0 aromatic heterocycles. The highest BCUT2D eigenvalue weighted by Crippen LogP contribution is 2.48. The SMILES string of the molecule is N#CCCOP(=O)(CCC#N)OCCC#N. The van der Waals surface area contributed by atoms with Crippen molar-refractivity contribution in [2.75, 3.05) is 19.4 Å². The van der Waals surface area contributed by atoms with Crippen LogP contribution in [0.25, 0.3) is 0 Å². The first-order valence-corrected chi connectivity index (χ1v) is 6.40. The van der Waals surface area contributed by atoms with Crippen LogP contribution in [0.5, 0.6) is 0 Å². The summed E-state index contributed by atoms with van der Waals surface area (Å²) in [5.74, 6) is 0. The summed E-state index contributed by atoms with van der Waals surface area (Å²) in [6.45, 7) is 0.0114. The van der Waals surface area contributed by atoms with E-state index >= 15 is 0 Å². The van der Waals surface area contributed by atoms with Crippen molar-refractivity contribution in [1.82, 2.24) is 0 Å². The normalized spacial score (nSPS) is 10.1. The van der Waals surface area contributed by atoms with E-state index in [0.29, 0.717) is 0 Å². The maximum Gasteiger partial charge on any atom is 0.331 e. The van der Waals surface area contributed by atoms with Crippen LogP contribution in [0.1, 0.15) is 19.3 Å². The van der Waals surface area contributed by atoms with Crippen LogP contribution < -0.4 is 0 Å². The van der Waals surface area contributed by atoms with Crippen molar-refractivity contribution in [3.05, 3.63) is 0 Å². The smallest absolute Gasteiger partial charge is 0.307 e. The van der Waals surface area contributed by atoms with Gasteiger partial charge in [0.1, 0.15) is 0 Å². The third kappa shape index (κ3) is 6.98. The van der Waals surface area contributed by atoms with Gasteiger partial charge in [0.05, 0.1) is 50.4 Å². The molecule has 0 aromatic carbocycles. The fraction of sp³-hybridized carbons (Fsp3) is 0.667. The Morgan fingerprint density at radius 2 is 1.31 bits per heavy atom. The molecule has 0 rings (SSSR count). The van der Waals surface area contributed by atoms with Gasteiger partial charge in [0.15, 0.2) is 0 Å². The van der Waals surface area contributed by atoms with Crippen molar-refractivity contribution in [3.63, 3.8) is 0 Å². The van der Waals surface area contributed by atoms with E-state index in [-0.39, 0.29) is 38.6 Å². The highest BCUT2D eigenvalue weighted by molar-refractivity contribution is 7.53. The van der Waals surface area contributed by atoms with Crippen molar-refractivity contribution in [2.45, 2.75) is 19.3 Å². The molecular weight excluding hydrogens is 229 g/mol. The predicted octanol–water partition coefficient (Wildman–Crippen LogP) is 1.95. The van der Waals surface area contributed by atoms with Gasteiger partial charge >= 0.3 is 7.60 Å². The topological polar surface area (TPSA) is 107 Å². The van der Waals surface area contributed by atoms with E-state index in [2.05, 4.69) is 0 Å². The third-order valence-corrected chi connectivity index (χ3v) is 3.42. The van der Waals surface area contributed by atoms with Gasteiger partial charge < -0.3 is 9.05 Å². The number of nitriles is 3. The Labute approximate surface area is 94.5 Å². The summed E-state index contributed by atoms with van der Waals surface area (Å²) < 4.78 is 21.8. The lowest BCUT2D eigenvalue weighted by Crippen LogP contribution is -2.02. The molecular formula is C9H12N3O3P. The van der Waals surface area contributed by atoms with Gasteiger partial charge in [0, 0.05) is 6.42 Å². The van der Waals surface area contributed by atoms with Crippen LogP contribution in [-0.2, 0) is 13.6 Å². The van der Waals surface area contributed by atoms with Crippen LogP contribution in [-0.4, -0.2) is 19.4 Å². The van der Waals surface area contributed by atoms with Crippen LogP contribution in [0.4, 0.5) is 0 Å². The van der Waals surface area contributed by atoms with E-state index in [0.717, 1.165) is 0 Å². The molecule has 0 aliphatic rings. The van der Waals surface area contributed by atoms with Gasteiger partial charge in [-0.25, -0.2) is 0 Å². The van der Waals surface area contributed by atoms with Crippen molar-refractivity contribution < 1.29 is 13.6 Å². The molecule has 0 aliphatic heterocycles. The maximum absolute atomic E-state index is 11.9. The molecule has 0 unspecified atom stereocenters. The molecule has 16 heavy (non-hydrogen) atoms. The van der Waals surface area contributed by atoms with Crippen molar-refractivity contribution >= 4 is 7.60 Å². The Kier molecular flexibility index (Phi) is 8.12. The molecule has 0 aromatic rings. The molecule has 0 aliphatic carbocycles. The zero-order valence-electron chi connectivity index (χ0n) is 8.76. The first kappa shape index (κ1) is 14.6. The molecule has 0 N–H and O–H groups in total. The minimum atomic E-state index is -3.32. The highest BCUT2D eigenvalue weighted by Gasteiger charge is 2.23. The number of hydrogen-bond donors (Lipinski definition) is 0. The van der Waals surface area contributed by atoms with Gasteiger partial charge in [-0.15, -0.1) is 0 Å². The van der Waals surface area contributed by atoms with Gasteiger partial charge in [-0.2, -0.15) is 15.8 Å². The fourth-order valence-electron chi connectivity index (χ4n) is 0.814. The van der Waals surface area contributed by atoms with Crippen LogP contribution in [0, 0.1) is 34.0 Å². The molecule has 0 spiro atoms. The molecule has 86 valence electrons. The Balaban J connectivity index is 4.16. The zero-order valence-corrected chi connectivity index (χ0v) is 9.65. The van der Waals surface area contributed by atoms with E-state index in [4.69, 9.17) is 24.8 Å². The van der Waals surface area contributed by atoms with E-state index in [1.807, 2.05) is 18.2 Å². The van der Waals surface area contributed by atoms with Crippen molar-refractivity contribution in [1.29, 1.82) is 15.8 Å². The maximum atomic E-state index is 11.9. The average Bonchev–Trinajstić information content (AvgIpc) is 2.27. The summed E-state index contributed by atoms with van der Waals surface area (Å²) in [7, 11) is -3.32. The van der Waals surface area contributed by atoms with E-state index in [9.17, 15) is 4.57 Å². The summed E-state index contributed by atoms with van der Waals surface area (Å²) in [5, 5.41) is 25.0. The quantitative estimate of drug-likeness (QED) is 0.474. The number of hydrogen-bond acceptors (Lipinski definition) is 6. The summed E-state index contributed by atoms with van der Waals surface area (Å²) in [5.41, 5.74) is 0. The summed E-state index contributed by atoms with van der Waals surface area (Å²) >= 11 is 0. The van der Waals surface area contributed by atoms with Crippen LogP contribution in [0.3, 0.4) is 0 Å². The summed E-state index contributed by atoms with van der Waals surface area (Å²) in [6.07, 6.45) is 0.257. The Hall–Kier alpha value is -1.38. The van der Waals surface area contributed by atoms with Gasteiger partial charge in [-0.3, -0.25) is 4.57 Å². The largest absolute Gasteiger partial charge is 0.331 e. The lowest BCUT2D eigenvalue weighted by atomic mass is 10.5. The van der Waals surface area contributed by atoms with Crippen LogP contribution in [0.2, 0.25) is 0 Å². The second kappa shape index (κ2) is 8.89. The Morgan fingerprint density at radius 1 is 0.875 bits per heavy atom. The summed E-state index contributed by atoms with van der Waals surface area (Å²) in [6, 6.07) is 5.53. The van der Waals surface area contributed by atoms with E-state index < -0.39 is 7.60 Å². The molecule has 0 fully saturated rings. The molecule has 6 nitrogen and oxygen atoms in total. The zero-order chi connectivity index (χ0) is 12.3. The first-order valence-electron chi connectivity index (χ1n) is 4.67. The third-order valence-electron chi connectivity index (χ3n) is 1.50. The second-order valence-corrected chi connectivity index (χ2v) is 4.91. The summed E-state index contributed by atoms with van der Waals surface area (Å²) in [4.78, 5) is 0. The highest BCUT2D eigenvalue weighted by atomic mass is 31.2. The monoisotopic (exact) mass is 241 g/mol. The fourth-order valence-corrected chi connectivity index (χ4v) is 2.26. The molecule has 0 atom stereocenters. The molecule has 7 heteroatoms. The minimum Gasteiger partial charge on any atom is -0.307 e. The molecule has 0 amide bonds. The van der Waals surface area contributed by atoms with Gasteiger partial charge in [-0.05, 0) is 0 Å².